The third kappa shape index (κ3) is 7.33. The number of aryl methyl sites for hydroxylation is 2. The summed E-state index contributed by atoms with van der Waals surface area (Å²) in [5.74, 6) is 0.132. The van der Waals surface area contributed by atoms with Crippen molar-refractivity contribution in [1.82, 2.24) is 4.31 Å². The molecule has 4 rings (SSSR count). The van der Waals surface area contributed by atoms with Crippen LogP contribution < -0.4 is 5.32 Å². The smallest absolute Gasteiger partial charge is 0.218 e. The number of hydrogen-bond donors (Lipinski definition) is 1. The molecule has 7 heteroatoms. The summed E-state index contributed by atoms with van der Waals surface area (Å²) in [5, 5.41) is 12.6. The monoisotopic (exact) mass is 495 g/mol. The van der Waals surface area contributed by atoms with Crippen molar-refractivity contribution in [3.63, 3.8) is 0 Å². The standard InChI is InChI=1S/C15H13ClN2.C12H17NO2S/c1-11-4-2-3-5-13(11)10-18-14-7-6-12(9-17)15(16)8-14;1-11-4-6-12(7-5-11)10-16(14,15)13-8-2-3-9-13/h2-8,18H,10H2,1H3;4-7H,2-3,8-10H2,1H3. The van der Waals surface area contributed by atoms with Gasteiger partial charge in [0.25, 0.3) is 0 Å². The Labute approximate surface area is 208 Å². The van der Waals surface area contributed by atoms with Crippen LogP contribution in [0.25, 0.3) is 0 Å². The summed E-state index contributed by atoms with van der Waals surface area (Å²) in [6.45, 7) is 6.21. The molecule has 1 aliphatic rings. The summed E-state index contributed by atoms with van der Waals surface area (Å²) in [4.78, 5) is 0. The maximum absolute atomic E-state index is 12.0. The first-order chi connectivity index (χ1) is 16.3. The van der Waals surface area contributed by atoms with E-state index in [0.29, 0.717) is 23.7 Å². The van der Waals surface area contributed by atoms with Crippen molar-refractivity contribution >= 4 is 27.3 Å². The molecule has 5 nitrogen and oxygen atoms in total. The maximum atomic E-state index is 12.0. The topological polar surface area (TPSA) is 73.2 Å². The van der Waals surface area contributed by atoms with Crippen molar-refractivity contribution in [3.05, 3.63) is 99.6 Å². The van der Waals surface area contributed by atoms with Gasteiger partial charge in [-0.3, -0.25) is 0 Å². The molecular weight excluding hydrogens is 466 g/mol. The van der Waals surface area contributed by atoms with Crippen LogP contribution in [-0.4, -0.2) is 25.8 Å². The predicted octanol–water partition coefficient (Wildman–Crippen LogP) is 6.05. The van der Waals surface area contributed by atoms with Crippen LogP contribution in [0.1, 0.15) is 40.7 Å². The van der Waals surface area contributed by atoms with Crippen LogP contribution in [-0.2, 0) is 22.3 Å². The summed E-state index contributed by atoms with van der Waals surface area (Å²) >= 11 is 5.98. The van der Waals surface area contributed by atoms with E-state index in [0.717, 1.165) is 36.2 Å². The molecule has 0 bridgehead atoms. The zero-order chi connectivity index (χ0) is 24.6. The molecule has 3 aromatic carbocycles. The minimum atomic E-state index is -3.09. The second-order valence-corrected chi connectivity index (χ2v) is 10.8. The fourth-order valence-electron chi connectivity index (χ4n) is 3.67. The van der Waals surface area contributed by atoms with Gasteiger partial charge >= 0.3 is 0 Å². The van der Waals surface area contributed by atoms with Crippen LogP contribution in [0.5, 0.6) is 0 Å². The molecule has 0 radical (unpaired) electrons. The molecule has 0 amide bonds. The van der Waals surface area contributed by atoms with Crippen LogP contribution in [0.15, 0.2) is 66.7 Å². The molecule has 1 fully saturated rings. The summed E-state index contributed by atoms with van der Waals surface area (Å²) in [5.41, 5.74) is 5.95. The van der Waals surface area contributed by atoms with Gasteiger partial charge in [-0.15, -0.1) is 0 Å². The van der Waals surface area contributed by atoms with E-state index >= 15 is 0 Å². The van der Waals surface area contributed by atoms with Crippen molar-refractivity contribution in [2.45, 2.75) is 39.0 Å². The number of anilines is 1. The first-order valence-corrected chi connectivity index (χ1v) is 13.3. The van der Waals surface area contributed by atoms with Gasteiger partial charge in [-0.2, -0.15) is 5.26 Å². The van der Waals surface area contributed by atoms with Gasteiger partial charge in [-0.25, -0.2) is 12.7 Å². The number of rotatable bonds is 6. The highest BCUT2D eigenvalue weighted by Crippen LogP contribution is 2.21. The summed E-state index contributed by atoms with van der Waals surface area (Å²) in [7, 11) is -3.09. The Morgan fingerprint density at radius 2 is 1.68 bits per heavy atom. The molecule has 1 heterocycles. The first-order valence-electron chi connectivity index (χ1n) is 11.3. The number of nitrogens with one attached hydrogen (secondary N) is 1. The van der Waals surface area contributed by atoms with E-state index in [1.165, 1.54) is 11.1 Å². The van der Waals surface area contributed by atoms with E-state index in [2.05, 4.69) is 24.4 Å². The van der Waals surface area contributed by atoms with Crippen LogP contribution in [0, 0.1) is 25.2 Å². The molecule has 178 valence electrons. The van der Waals surface area contributed by atoms with E-state index in [1.54, 1.807) is 16.4 Å². The number of halogens is 1. The van der Waals surface area contributed by atoms with Crippen LogP contribution in [0.4, 0.5) is 5.69 Å². The lowest BCUT2D eigenvalue weighted by atomic mass is 10.1. The Bertz CT molecular complexity index is 1250. The predicted molar refractivity (Wildman–Crippen MR) is 139 cm³/mol. The fraction of sp³-hybridized carbons (Fsp3) is 0.296. The molecule has 1 saturated heterocycles. The van der Waals surface area contributed by atoms with Crippen molar-refractivity contribution in [3.8, 4) is 6.07 Å². The molecule has 0 saturated carbocycles. The lowest BCUT2D eigenvalue weighted by Gasteiger charge is -2.15. The number of nitriles is 1. The van der Waals surface area contributed by atoms with Gasteiger partial charge in [0.05, 0.1) is 16.3 Å². The Morgan fingerprint density at radius 3 is 2.29 bits per heavy atom. The molecule has 0 atom stereocenters. The highest BCUT2D eigenvalue weighted by atomic mass is 35.5. The number of nitrogens with zero attached hydrogens (tertiary/aromatic N) is 2. The van der Waals surface area contributed by atoms with E-state index in [-0.39, 0.29) is 5.75 Å². The summed E-state index contributed by atoms with van der Waals surface area (Å²) < 4.78 is 25.6. The first kappa shape index (κ1) is 25.8. The van der Waals surface area contributed by atoms with Gasteiger partial charge in [-0.1, -0.05) is 65.7 Å². The highest BCUT2D eigenvalue weighted by Gasteiger charge is 2.25. The zero-order valence-corrected chi connectivity index (χ0v) is 21.2. The van der Waals surface area contributed by atoms with Crippen molar-refractivity contribution in [2.75, 3.05) is 18.4 Å². The molecular formula is C27H30ClN3O2S. The third-order valence-corrected chi connectivity index (χ3v) is 7.92. The van der Waals surface area contributed by atoms with Gasteiger partial charge in [0.15, 0.2) is 0 Å². The van der Waals surface area contributed by atoms with Crippen molar-refractivity contribution in [2.24, 2.45) is 0 Å². The number of sulfonamides is 1. The van der Waals surface area contributed by atoms with E-state index in [1.807, 2.05) is 55.5 Å². The second kappa shape index (κ2) is 12.0. The Hall–Kier alpha value is -2.85. The van der Waals surface area contributed by atoms with Crippen molar-refractivity contribution < 1.29 is 8.42 Å². The molecule has 0 aromatic heterocycles. The molecule has 3 aromatic rings. The lowest BCUT2D eigenvalue weighted by Crippen LogP contribution is -2.29. The van der Waals surface area contributed by atoms with Crippen molar-refractivity contribution in [1.29, 1.82) is 5.26 Å². The SMILES string of the molecule is Cc1ccc(CS(=O)(=O)N2CCCC2)cc1.Cc1ccccc1CNc1ccc(C#N)c(Cl)c1. The van der Waals surface area contributed by atoms with E-state index < -0.39 is 10.0 Å². The average Bonchev–Trinajstić information content (AvgIpc) is 3.37. The van der Waals surface area contributed by atoms with E-state index in [9.17, 15) is 8.42 Å². The van der Waals surface area contributed by atoms with Gasteiger partial charge in [0.1, 0.15) is 6.07 Å². The van der Waals surface area contributed by atoms with Gasteiger partial charge in [-0.05, 0) is 61.6 Å². The molecule has 0 unspecified atom stereocenters. The molecule has 0 spiro atoms. The van der Waals surface area contributed by atoms with Gasteiger partial charge in [0, 0.05) is 25.3 Å². The summed E-state index contributed by atoms with van der Waals surface area (Å²) in [6, 6.07) is 23.3. The second-order valence-electron chi connectivity index (χ2n) is 8.43. The average molecular weight is 496 g/mol. The van der Waals surface area contributed by atoms with E-state index in [4.69, 9.17) is 16.9 Å². The van der Waals surface area contributed by atoms with Gasteiger partial charge < -0.3 is 5.32 Å². The number of hydrogen-bond acceptors (Lipinski definition) is 4. The largest absolute Gasteiger partial charge is 0.381 e. The molecule has 1 aliphatic heterocycles. The minimum Gasteiger partial charge on any atom is -0.381 e. The molecule has 0 aliphatic carbocycles. The zero-order valence-electron chi connectivity index (χ0n) is 19.6. The normalized spacial score (nSPS) is 13.6. The fourth-order valence-corrected chi connectivity index (χ4v) is 5.51. The molecule has 34 heavy (non-hydrogen) atoms. The lowest BCUT2D eigenvalue weighted by molar-refractivity contribution is 0.476. The van der Waals surface area contributed by atoms with Crippen LogP contribution in [0.2, 0.25) is 5.02 Å². The minimum absolute atomic E-state index is 0.132. The highest BCUT2D eigenvalue weighted by molar-refractivity contribution is 7.88. The molecule has 1 N–H and O–H groups in total. The number of benzene rings is 3. The van der Waals surface area contributed by atoms with Crippen LogP contribution >= 0.6 is 11.6 Å². The quantitative estimate of drug-likeness (QED) is 0.451. The Morgan fingerprint density at radius 1 is 1.00 bits per heavy atom. The van der Waals surface area contributed by atoms with Crippen LogP contribution in [0.3, 0.4) is 0 Å². The Balaban J connectivity index is 0.000000192. The third-order valence-electron chi connectivity index (χ3n) is 5.76. The Kier molecular flexibility index (Phi) is 9.12. The summed E-state index contributed by atoms with van der Waals surface area (Å²) in [6.07, 6.45) is 1.99. The van der Waals surface area contributed by atoms with Gasteiger partial charge in [0.2, 0.25) is 10.0 Å². The maximum Gasteiger partial charge on any atom is 0.218 e.